The maximum absolute atomic E-state index is 13.1. The smallest absolute Gasteiger partial charge is 0.416 e. The molecule has 8 nitrogen and oxygen atoms in total. The number of methoxy groups -OCH3 is 1. The van der Waals surface area contributed by atoms with Crippen LogP contribution in [0.2, 0.25) is 0 Å². The summed E-state index contributed by atoms with van der Waals surface area (Å²) in [6.45, 7) is 3.69. The van der Waals surface area contributed by atoms with Gasteiger partial charge in [0.05, 0.1) is 31.0 Å². The Bertz CT molecular complexity index is 1260. The Hall–Kier alpha value is -2.93. The minimum absolute atomic E-state index is 0.238. The number of carboxylic acids is 2. The van der Waals surface area contributed by atoms with Crippen LogP contribution in [0.5, 0.6) is 5.75 Å². The van der Waals surface area contributed by atoms with Crippen LogP contribution >= 0.6 is 21.6 Å². The molecule has 3 aromatic rings. The normalized spacial score (nSPS) is 12.6. The SMILES string of the molecule is COc1c(C)c[n+](-c2nc3ccc(C(F)(F)F)cc3[nH]2)c(CCSSC(CC(=O)O)C(=O)O)c1C. The van der Waals surface area contributed by atoms with Crippen molar-refractivity contribution in [2.75, 3.05) is 12.9 Å². The fraction of sp³-hybridized carbons (Fsp3) is 0.364. The minimum atomic E-state index is -4.48. The van der Waals surface area contributed by atoms with E-state index in [1.54, 1.807) is 10.8 Å². The third-order valence-corrected chi connectivity index (χ3v) is 7.93. The van der Waals surface area contributed by atoms with E-state index in [9.17, 15) is 27.9 Å². The zero-order valence-electron chi connectivity index (χ0n) is 19.0. The lowest BCUT2D eigenvalue weighted by atomic mass is 10.1. The molecule has 0 aliphatic heterocycles. The molecule has 2 aromatic heterocycles. The predicted octanol–water partition coefficient (Wildman–Crippen LogP) is 4.34. The minimum Gasteiger partial charge on any atom is -0.496 e. The lowest BCUT2D eigenvalue weighted by molar-refractivity contribution is -0.612. The van der Waals surface area contributed by atoms with Crippen molar-refractivity contribution in [1.82, 2.24) is 9.97 Å². The van der Waals surface area contributed by atoms with E-state index in [4.69, 9.17) is 9.84 Å². The van der Waals surface area contributed by atoms with Crippen LogP contribution < -0.4 is 9.30 Å². The Morgan fingerprint density at radius 3 is 2.57 bits per heavy atom. The van der Waals surface area contributed by atoms with Gasteiger partial charge < -0.3 is 14.9 Å². The molecule has 0 spiro atoms. The first-order chi connectivity index (χ1) is 16.4. The molecule has 0 bridgehead atoms. The van der Waals surface area contributed by atoms with E-state index in [2.05, 4.69) is 9.97 Å². The van der Waals surface area contributed by atoms with Gasteiger partial charge in [0.2, 0.25) is 0 Å². The lowest BCUT2D eigenvalue weighted by Gasteiger charge is -2.15. The van der Waals surface area contributed by atoms with Crippen LogP contribution in [0.3, 0.4) is 0 Å². The number of hydrogen-bond acceptors (Lipinski definition) is 6. The molecule has 0 saturated heterocycles. The number of aryl methyl sites for hydroxylation is 1. The quantitative estimate of drug-likeness (QED) is 0.201. The van der Waals surface area contributed by atoms with Gasteiger partial charge in [0.1, 0.15) is 16.5 Å². The van der Waals surface area contributed by atoms with Gasteiger partial charge in [-0.1, -0.05) is 26.6 Å². The molecule has 0 saturated carbocycles. The fourth-order valence-corrected chi connectivity index (χ4v) is 5.94. The molecule has 188 valence electrons. The topological polar surface area (TPSA) is 116 Å². The van der Waals surface area contributed by atoms with Crippen molar-refractivity contribution in [2.45, 2.75) is 38.1 Å². The van der Waals surface area contributed by atoms with Crippen LogP contribution in [0, 0.1) is 13.8 Å². The van der Waals surface area contributed by atoms with Gasteiger partial charge in [0.25, 0.3) is 0 Å². The highest BCUT2D eigenvalue weighted by Crippen LogP contribution is 2.32. The second-order valence-corrected chi connectivity index (χ2v) is 10.4. The molecule has 3 N–H and O–H groups in total. The number of fused-ring (bicyclic) bond motifs is 1. The monoisotopic (exact) mass is 530 g/mol. The van der Waals surface area contributed by atoms with Crippen molar-refractivity contribution < 1.29 is 42.3 Å². The third-order valence-electron chi connectivity index (χ3n) is 5.22. The molecule has 0 aliphatic carbocycles. The zero-order chi connectivity index (χ0) is 25.9. The number of carbonyl (C=O) groups is 2. The van der Waals surface area contributed by atoms with Gasteiger partial charge in [-0.2, -0.15) is 13.2 Å². The second kappa shape index (κ2) is 10.8. The van der Waals surface area contributed by atoms with Gasteiger partial charge in [0.15, 0.2) is 5.52 Å². The van der Waals surface area contributed by atoms with Crippen LogP contribution in [0.1, 0.15) is 28.8 Å². The number of halogens is 3. The number of ether oxygens (including phenoxy) is 1. The van der Waals surface area contributed by atoms with Crippen molar-refractivity contribution in [2.24, 2.45) is 0 Å². The number of aliphatic carboxylic acids is 2. The van der Waals surface area contributed by atoms with Crippen molar-refractivity contribution in [3.8, 4) is 11.7 Å². The van der Waals surface area contributed by atoms with Gasteiger partial charge in [-0.3, -0.25) is 9.59 Å². The molecule has 1 unspecified atom stereocenters. The molecule has 0 aliphatic rings. The van der Waals surface area contributed by atoms with Crippen LogP contribution in [0.4, 0.5) is 13.2 Å². The number of nitrogens with zero attached hydrogens (tertiary/aromatic N) is 2. The third kappa shape index (κ3) is 6.20. The Kier molecular flexibility index (Phi) is 8.21. The summed E-state index contributed by atoms with van der Waals surface area (Å²) in [5.74, 6) is -0.969. The average molecular weight is 531 g/mol. The number of H-pyrrole nitrogens is 1. The fourth-order valence-electron chi connectivity index (χ4n) is 3.62. The first kappa shape index (κ1) is 26.7. The molecular weight excluding hydrogens is 507 g/mol. The lowest BCUT2D eigenvalue weighted by Crippen LogP contribution is -2.39. The highest BCUT2D eigenvalue weighted by molar-refractivity contribution is 8.77. The van der Waals surface area contributed by atoms with Crippen molar-refractivity contribution >= 4 is 44.6 Å². The summed E-state index contributed by atoms with van der Waals surface area (Å²) in [6.07, 6.45) is -2.77. The number of alkyl halides is 3. The summed E-state index contributed by atoms with van der Waals surface area (Å²) >= 11 is 0. The largest absolute Gasteiger partial charge is 0.496 e. The standard InChI is InChI=1S/C22H22F3N3O5S2/c1-11-10-28(21-26-14-5-4-13(22(23,24)25)8-15(14)27-21)16(12(2)19(11)33-3)6-7-34-35-17(20(31)32)9-18(29)30/h4-5,8,10,17H,6-7,9H2,1-3H3,(H2-,26,27,29,30,31,32)/p+1. The molecule has 0 fully saturated rings. The van der Waals surface area contributed by atoms with E-state index in [0.29, 0.717) is 29.4 Å². The van der Waals surface area contributed by atoms with E-state index in [-0.39, 0.29) is 5.52 Å². The first-order valence-corrected chi connectivity index (χ1v) is 12.7. The van der Waals surface area contributed by atoms with Gasteiger partial charge in [-0.15, -0.1) is 0 Å². The molecule has 0 amide bonds. The van der Waals surface area contributed by atoms with Gasteiger partial charge in [0, 0.05) is 23.3 Å². The Morgan fingerprint density at radius 1 is 1.26 bits per heavy atom. The van der Waals surface area contributed by atoms with Gasteiger partial charge >= 0.3 is 24.1 Å². The number of rotatable bonds is 10. The average Bonchev–Trinajstić information content (AvgIpc) is 3.19. The summed E-state index contributed by atoms with van der Waals surface area (Å²) < 4.78 is 46.6. The van der Waals surface area contributed by atoms with Crippen molar-refractivity contribution in [3.05, 3.63) is 46.8 Å². The Balaban J connectivity index is 1.92. The van der Waals surface area contributed by atoms with Crippen LogP contribution in [0.15, 0.2) is 24.4 Å². The summed E-state index contributed by atoms with van der Waals surface area (Å²) in [4.78, 5) is 29.6. The van der Waals surface area contributed by atoms with E-state index in [1.807, 2.05) is 13.8 Å². The number of pyridine rings is 1. The number of imidazole rings is 1. The number of carboxylic acid groups (broad SMARTS) is 2. The van der Waals surface area contributed by atoms with Crippen LogP contribution in [0.25, 0.3) is 17.0 Å². The molecule has 1 aromatic carbocycles. The van der Waals surface area contributed by atoms with Crippen molar-refractivity contribution in [1.29, 1.82) is 0 Å². The Labute approximate surface area is 206 Å². The first-order valence-electron chi connectivity index (χ1n) is 10.3. The summed E-state index contributed by atoms with van der Waals surface area (Å²) in [5, 5.41) is 17.0. The molecular formula is C22H23F3N3O5S2+. The van der Waals surface area contributed by atoms with E-state index >= 15 is 0 Å². The zero-order valence-corrected chi connectivity index (χ0v) is 20.6. The van der Waals surface area contributed by atoms with Crippen LogP contribution in [-0.2, 0) is 22.2 Å². The Morgan fingerprint density at radius 2 is 1.97 bits per heavy atom. The maximum atomic E-state index is 13.1. The summed E-state index contributed by atoms with van der Waals surface area (Å²) in [7, 11) is 3.74. The molecule has 1 atom stereocenters. The predicted molar refractivity (Wildman–Crippen MR) is 126 cm³/mol. The molecule has 35 heavy (non-hydrogen) atoms. The summed E-state index contributed by atoms with van der Waals surface area (Å²) in [6, 6.07) is 3.30. The number of benzene rings is 1. The molecule has 3 rings (SSSR count). The molecule has 13 heteroatoms. The van der Waals surface area contributed by atoms with E-state index < -0.39 is 35.3 Å². The van der Waals surface area contributed by atoms with Crippen LogP contribution in [-0.4, -0.2) is 50.2 Å². The molecule has 0 radical (unpaired) electrons. The van der Waals surface area contributed by atoms with E-state index in [1.165, 1.54) is 24.0 Å². The number of aromatic nitrogens is 3. The van der Waals surface area contributed by atoms with Gasteiger partial charge in [-0.25, -0.2) is 9.55 Å². The molecule has 2 heterocycles. The van der Waals surface area contributed by atoms with Crippen molar-refractivity contribution in [3.63, 3.8) is 0 Å². The van der Waals surface area contributed by atoms with E-state index in [0.717, 1.165) is 39.7 Å². The maximum Gasteiger partial charge on any atom is 0.416 e. The number of nitrogens with one attached hydrogen (secondary N) is 1. The summed E-state index contributed by atoms with van der Waals surface area (Å²) in [5.41, 5.74) is 2.19. The second-order valence-electron chi connectivity index (χ2n) is 7.67. The highest BCUT2D eigenvalue weighted by Gasteiger charge is 2.32. The number of aromatic amines is 1. The number of hydrogen-bond donors (Lipinski definition) is 3. The van der Waals surface area contributed by atoms with Gasteiger partial charge in [-0.05, 0) is 32.0 Å². The highest BCUT2D eigenvalue weighted by atomic mass is 33.1.